The van der Waals surface area contributed by atoms with Crippen LogP contribution < -0.4 is 15.5 Å². The lowest BCUT2D eigenvalue weighted by atomic mass is 9.98. The first-order valence-corrected chi connectivity index (χ1v) is 16.6. The third-order valence-corrected chi connectivity index (χ3v) is 9.18. The van der Waals surface area contributed by atoms with Crippen LogP contribution in [0.2, 0.25) is 0 Å². The molecule has 6 rings (SSSR count). The van der Waals surface area contributed by atoms with E-state index in [-0.39, 0.29) is 35.8 Å². The van der Waals surface area contributed by atoms with Crippen LogP contribution in [0.4, 0.5) is 26.6 Å². The van der Waals surface area contributed by atoms with Crippen molar-refractivity contribution in [2.24, 2.45) is 5.92 Å². The molecule has 4 fully saturated rings. The number of hydrogen-bond donors (Lipinski definition) is 1. The van der Waals surface area contributed by atoms with E-state index in [1.807, 2.05) is 20.8 Å². The van der Waals surface area contributed by atoms with E-state index in [0.717, 1.165) is 32.5 Å². The molecule has 0 spiro atoms. The van der Waals surface area contributed by atoms with Gasteiger partial charge in [-0.15, -0.1) is 0 Å². The topological polar surface area (TPSA) is 159 Å². The zero-order valence-electron chi connectivity index (χ0n) is 27.1. The summed E-state index contributed by atoms with van der Waals surface area (Å²) in [4.78, 5) is 56.6. The minimum absolute atomic E-state index is 0.0109. The number of likely N-dealkylation sites (tertiary alicyclic amines) is 2. The molecule has 4 aliphatic rings. The maximum Gasteiger partial charge on any atom is 0.281 e. The minimum atomic E-state index is -2.90. The number of hydrogen-bond acceptors (Lipinski definition) is 13. The molecule has 6 heterocycles. The standard InChI is InChI=1S/C31H43F2N11O4/c32-27(33)26-23(19-35-29(34)36-26)28-37-30(39-31(38-28)44-15-17-47-18-16-44)43-13-11-42(12-14-43)25(46)21-48-20-22-4-9-41(10-5-22)24(45)3-1-6-40-7-2-8-40/h1,3,19,22,27H,2,4-18,20-21H2,(H2,34,35,36)/b3-1+. The number of aromatic nitrogens is 5. The van der Waals surface area contributed by atoms with Gasteiger partial charge in [-0.2, -0.15) is 15.0 Å². The number of piperazine rings is 1. The van der Waals surface area contributed by atoms with Crippen LogP contribution in [-0.2, 0) is 19.1 Å². The second-order valence-corrected chi connectivity index (χ2v) is 12.4. The van der Waals surface area contributed by atoms with Gasteiger partial charge in [0.2, 0.25) is 29.7 Å². The van der Waals surface area contributed by atoms with E-state index in [1.54, 1.807) is 11.0 Å². The molecule has 2 aromatic rings. The number of nitrogen functional groups attached to an aromatic ring is 1. The lowest BCUT2D eigenvalue weighted by molar-refractivity contribution is -0.137. The number of carbonyl (C=O) groups is 2. The first-order chi connectivity index (χ1) is 23.3. The summed E-state index contributed by atoms with van der Waals surface area (Å²) in [7, 11) is 0. The zero-order chi connectivity index (χ0) is 33.5. The van der Waals surface area contributed by atoms with Crippen molar-refractivity contribution < 1.29 is 27.8 Å². The van der Waals surface area contributed by atoms with Crippen LogP contribution in [0.25, 0.3) is 11.4 Å². The smallest absolute Gasteiger partial charge is 0.281 e. The Bertz CT molecular complexity index is 1440. The quantitative estimate of drug-likeness (QED) is 0.336. The van der Waals surface area contributed by atoms with E-state index in [1.165, 1.54) is 12.6 Å². The minimum Gasteiger partial charge on any atom is -0.378 e. The monoisotopic (exact) mass is 671 g/mol. The summed E-state index contributed by atoms with van der Waals surface area (Å²) >= 11 is 0. The van der Waals surface area contributed by atoms with E-state index < -0.39 is 12.1 Å². The fourth-order valence-electron chi connectivity index (χ4n) is 6.12. The second-order valence-electron chi connectivity index (χ2n) is 12.4. The Morgan fingerprint density at radius 1 is 0.917 bits per heavy atom. The molecule has 15 nitrogen and oxygen atoms in total. The molecule has 0 aromatic carbocycles. The van der Waals surface area contributed by atoms with Crippen LogP contribution in [0.3, 0.4) is 0 Å². The van der Waals surface area contributed by atoms with Gasteiger partial charge in [0.25, 0.3) is 6.43 Å². The molecule has 0 bridgehead atoms. The molecular formula is C31H43F2N11O4. The number of nitrogens with two attached hydrogens (primary N) is 1. The van der Waals surface area contributed by atoms with Crippen molar-refractivity contribution in [3.8, 4) is 11.4 Å². The van der Waals surface area contributed by atoms with Crippen molar-refractivity contribution in [3.63, 3.8) is 0 Å². The van der Waals surface area contributed by atoms with E-state index in [2.05, 4.69) is 29.8 Å². The Balaban J connectivity index is 0.997. The third-order valence-electron chi connectivity index (χ3n) is 9.18. The van der Waals surface area contributed by atoms with Gasteiger partial charge in [-0.25, -0.2) is 18.7 Å². The van der Waals surface area contributed by atoms with Crippen LogP contribution in [0.5, 0.6) is 0 Å². The van der Waals surface area contributed by atoms with Crippen molar-refractivity contribution in [2.75, 3.05) is 114 Å². The summed E-state index contributed by atoms with van der Waals surface area (Å²) in [5.41, 5.74) is 5.02. The van der Waals surface area contributed by atoms with Crippen molar-refractivity contribution in [3.05, 3.63) is 24.0 Å². The van der Waals surface area contributed by atoms with Crippen LogP contribution in [0.1, 0.15) is 31.4 Å². The van der Waals surface area contributed by atoms with Gasteiger partial charge >= 0.3 is 0 Å². The number of alkyl halides is 2. The van der Waals surface area contributed by atoms with Crippen molar-refractivity contribution >= 4 is 29.7 Å². The molecule has 2 aromatic heterocycles. The van der Waals surface area contributed by atoms with Gasteiger partial charge in [-0.05, 0) is 38.3 Å². The Morgan fingerprint density at radius 3 is 2.25 bits per heavy atom. The number of ether oxygens (including phenoxy) is 2. The van der Waals surface area contributed by atoms with Crippen LogP contribution >= 0.6 is 0 Å². The molecule has 2 N–H and O–H groups in total. The number of amides is 2. The highest BCUT2D eigenvalue weighted by atomic mass is 19.3. The summed E-state index contributed by atoms with van der Waals surface area (Å²) in [5, 5.41) is 0. The number of morpholine rings is 1. The Kier molecular flexibility index (Phi) is 11.2. The summed E-state index contributed by atoms with van der Waals surface area (Å²) in [6.45, 7) is 8.69. The highest BCUT2D eigenvalue weighted by molar-refractivity contribution is 5.87. The average molecular weight is 672 g/mol. The first kappa shape index (κ1) is 33.8. The Labute approximate surface area is 278 Å². The molecular weight excluding hydrogens is 628 g/mol. The van der Waals surface area contributed by atoms with Crippen LogP contribution in [-0.4, -0.2) is 150 Å². The number of halogens is 2. The third kappa shape index (κ3) is 8.49. The fourth-order valence-corrected chi connectivity index (χ4v) is 6.12. The van der Waals surface area contributed by atoms with Gasteiger partial charge in [0, 0.05) is 71.2 Å². The Hall–Kier alpha value is -4.09. The number of anilines is 3. The van der Waals surface area contributed by atoms with E-state index in [9.17, 15) is 18.4 Å². The van der Waals surface area contributed by atoms with Gasteiger partial charge < -0.3 is 34.8 Å². The second kappa shape index (κ2) is 15.9. The van der Waals surface area contributed by atoms with Gasteiger partial charge in [-0.1, -0.05) is 6.08 Å². The average Bonchev–Trinajstić information content (AvgIpc) is 3.09. The molecule has 2 amide bonds. The molecule has 0 unspecified atom stereocenters. The van der Waals surface area contributed by atoms with E-state index in [4.69, 9.17) is 15.2 Å². The maximum atomic E-state index is 13.9. The highest BCUT2D eigenvalue weighted by Gasteiger charge is 2.28. The molecule has 0 atom stereocenters. The number of piperidine rings is 1. The molecule has 48 heavy (non-hydrogen) atoms. The van der Waals surface area contributed by atoms with Gasteiger partial charge in [0.15, 0.2) is 5.82 Å². The molecule has 260 valence electrons. The SMILES string of the molecule is Nc1ncc(-c2nc(N3CCOCC3)nc(N3CCN(C(=O)COCC4CCN(C(=O)/C=C/CN5CCC5)CC4)CC3)n2)c(C(F)F)n1. The maximum absolute atomic E-state index is 13.9. The lowest BCUT2D eigenvalue weighted by Crippen LogP contribution is -2.50. The summed E-state index contributed by atoms with van der Waals surface area (Å²) in [6.07, 6.45) is 4.87. The largest absolute Gasteiger partial charge is 0.378 e. The highest BCUT2D eigenvalue weighted by Crippen LogP contribution is 2.30. The van der Waals surface area contributed by atoms with E-state index >= 15 is 0 Å². The molecule has 17 heteroatoms. The van der Waals surface area contributed by atoms with Gasteiger partial charge in [0.05, 0.1) is 25.4 Å². The molecule has 4 aliphatic heterocycles. The number of nitrogens with zero attached hydrogens (tertiary/aromatic N) is 10. The van der Waals surface area contributed by atoms with E-state index in [0.29, 0.717) is 90.0 Å². The number of rotatable bonds is 11. The predicted octanol–water partition coefficient (Wildman–Crippen LogP) is 0.851. The summed E-state index contributed by atoms with van der Waals surface area (Å²) in [5.74, 6) is 0.693. The first-order valence-electron chi connectivity index (χ1n) is 16.6. The Morgan fingerprint density at radius 2 is 1.60 bits per heavy atom. The van der Waals surface area contributed by atoms with Crippen LogP contribution in [0.15, 0.2) is 18.3 Å². The summed E-state index contributed by atoms with van der Waals surface area (Å²) in [6, 6.07) is 0. The number of carbonyl (C=O) groups excluding carboxylic acids is 2. The normalized spacial score (nSPS) is 19.7. The van der Waals surface area contributed by atoms with Crippen molar-refractivity contribution in [2.45, 2.75) is 25.7 Å². The zero-order valence-corrected chi connectivity index (χ0v) is 27.1. The fraction of sp³-hybridized carbons (Fsp3) is 0.645. The van der Waals surface area contributed by atoms with Gasteiger partial charge in [0.1, 0.15) is 12.3 Å². The van der Waals surface area contributed by atoms with Crippen LogP contribution in [0, 0.1) is 5.92 Å². The molecule has 0 radical (unpaired) electrons. The van der Waals surface area contributed by atoms with Gasteiger partial charge in [-0.3, -0.25) is 14.5 Å². The molecule has 4 saturated heterocycles. The summed E-state index contributed by atoms with van der Waals surface area (Å²) < 4.78 is 39.1. The lowest BCUT2D eigenvalue weighted by Gasteiger charge is -2.35. The van der Waals surface area contributed by atoms with Crippen molar-refractivity contribution in [1.82, 2.24) is 39.6 Å². The van der Waals surface area contributed by atoms with Crippen molar-refractivity contribution in [1.29, 1.82) is 0 Å². The molecule has 0 saturated carbocycles. The predicted molar refractivity (Wildman–Crippen MR) is 172 cm³/mol. The molecule has 0 aliphatic carbocycles.